The van der Waals surface area contributed by atoms with E-state index in [1.165, 1.54) is 0 Å². The molecule has 1 rings (SSSR count). The van der Waals surface area contributed by atoms with Gasteiger partial charge in [0.15, 0.2) is 0 Å². The van der Waals surface area contributed by atoms with Crippen LogP contribution in [0.1, 0.15) is 26.7 Å². The largest absolute Gasteiger partial charge is 0.393 e. The van der Waals surface area contributed by atoms with Crippen molar-refractivity contribution in [3.8, 4) is 0 Å². The van der Waals surface area contributed by atoms with Crippen molar-refractivity contribution in [2.24, 2.45) is 5.92 Å². The molecule has 82 valence electrons. The van der Waals surface area contributed by atoms with E-state index in [0.717, 1.165) is 13.0 Å². The first kappa shape index (κ1) is 11.8. The molecule has 1 heterocycles. The van der Waals surface area contributed by atoms with Crippen LogP contribution in [0.4, 0.5) is 0 Å². The Kier molecular flexibility index (Phi) is 4.20. The summed E-state index contributed by atoms with van der Waals surface area (Å²) < 4.78 is 0. The molecular weight excluding hydrogens is 202 g/mol. The highest BCUT2D eigenvalue weighted by Gasteiger charge is 2.31. The van der Waals surface area contributed by atoms with Crippen LogP contribution in [0.25, 0.3) is 0 Å². The van der Waals surface area contributed by atoms with E-state index < -0.39 is 5.38 Å². The van der Waals surface area contributed by atoms with Crippen molar-refractivity contribution in [3.63, 3.8) is 0 Å². The summed E-state index contributed by atoms with van der Waals surface area (Å²) in [6.45, 7) is 5.06. The van der Waals surface area contributed by atoms with Crippen molar-refractivity contribution in [1.29, 1.82) is 0 Å². The van der Waals surface area contributed by atoms with Gasteiger partial charge in [0.05, 0.1) is 6.10 Å². The van der Waals surface area contributed by atoms with E-state index in [9.17, 15) is 9.90 Å². The van der Waals surface area contributed by atoms with Crippen molar-refractivity contribution >= 4 is 17.5 Å². The van der Waals surface area contributed by atoms with E-state index in [-0.39, 0.29) is 17.9 Å². The molecule has 1 aliphatic rings. The van der Waals surface area contributed by atoms with Crippen LogP contribution in [0, 0.1) is 5.92 Å². The Bertz CT molecular complexity index is 208. The van der Waals surface area contributed by atoms with Crippen LogP contribution in [0.5, 0.6) is 0 Å². The number of amides is 1. The molecular formula is C10H18ClNO2. The van der Waals surface area contributed by atoms with Crippen molar-refractivity contribution < 1.29 is 9.90 Å². The third kappa shape index (κ3) is 2.61. The number of halogens is 1. The molecule has 1 aliphatic heterocycles. The minimum absolute atomic E-state index is 0.0114. The first-order valence-corrected chi connectivity index (χ1v) is 5.60. The number of aliphatic hydroxyl groups excluding tert-OH is 1. The first-order valence-electron chi connectivity index (χ1n) is 5.17. The van der Waals surface area contributed by atoms with Crippen molar-refractivity contribution in [1.82, 2.24) is 4.90 Å². The molecule has 1 amide bonds. The number of hydrogen-bond acceptors (Lipinski definition) is 2. The summed E-state index contributed by atoms with van der Waals surface area (Å²) in [7, 11) is 0. The molecule has 0 bridgehead atoms. The highest BCUT2D eigenvalue weighted by Crippen LogP contribution is 2.21. The van der Waals surface area contributed by atoms with E-state index in [1.807, 2.05) is 6.92 Å². The summed E-state index contributed by atoms with van der Waals surface area (Å²) in [4.78, 5) is 13.4. The Hall–Kier alpha value is -0.280. The number of carbonyl (C=O) groups is 1. The summed E-state index contributed by atoms with van der Waals surface area (Å²) in [5.74, 6) is 0.233. The lowest BCUT2D eigenvalue weighted by molar-refractivity contribution is -0.130. The fourth-order valence-electron chi connectivity index (χ4n) is 1.75. The van der Waals surface area contributed by atoms with Gasteiger partial charge in [-0.2, -0.15) is 0 Å². The Morgan fingerprint density at radius 1 is 1.71 bits per heavy atom. The number of likely N-dealkylation sites (tertiary alicyclic amines) is 1. The average Bonchev–Trinajstić information content (AvgIpc) is 2.64. The van der Waals surface area contributed by atoms with Crippen LogP contribution in [0.2, 0.25) is 0 Å². The lowest BCUT2D eigenvalue weighted by atomic mass is 10.0. The van der Waals surface area contributed by atoms with Crippen LogP contribution in [0.15, 0.2) is 0 Å². The van der Waals surface area contributed by atoms with Gasteiger partial charge < -0.3 is 10.0 Å². The van der Waals surface area contributed by atoms with Gasteiger partial charge in [-0.05, 0) is 19.8 Å². The predicted octanol–water partition coefficient (Wildman–Crippen LogP) is 1.23. The Morgan fingerprint density at radius 3 is 2.79 bits per heavy atom. The van der Waals surface area contributed by atoms with Gasteiger partial charge in [0.2, 0.25) is 5.91 Å². The topological polar surface area (TPSA) is 40.5 Å². The maximum atomic E-state index is 11.7. The molecule has 3 atom stereocenters. The second kappa shape index (κ2) is 4.99. The summed E-state index contributed by atoms with van der Waals surface area (Å²) in [5.41, 5.74) is 0. The summed E-state index contributed by atoms with van der Waals surface area (Å²) in [6, 6.07) is 0. The standard InChI is InChI=1S/C10H18ClNO2/c1-3-9(11)10(14)12-5-4-8(6-12)7(2)13/h7-9,13H,3-6H2,1-2H3. The smallest absolute Gasteiger partial charge is 0.240 e. The number of alkyl halides is 1. The molecule has 0 aromatic carbocycles. The molecule has 0 spiro atoms. The lowest BCUT2D eigenvalue weighted by Crippen LogP contribution is -2.35. The van der Waals surface area contributed by atoms with Gasteiger partial charge in [-0.15, -0.1) is 11.6 Å². The molecule has 14 heavy (non-hydrogen) atoms. The second-order valence-electron chi connectivity index (χ2n) is 3.95. The maximum Gasteiger partial charge on any atom is 0.240 e. The third-order valence-electron chi connectivity index (χ3n) is 2.84. The predicted molar refractivity (Wildman–Crippen MR) is 56.3 cm³/mol. The molecule has 0 aromatic heterocycles. The minimum Gasteiger partial charge on any atom is -0.393 e. The molecule has 0 saturated carbocycles. The van der Waals surface area contributed by atoms with Gasteiger partial charge in [-0.3, -0.25) is 4.79 Å². The Balaban J connectivity index is 2.45. The summed E-state index contributed by atoms with van der Waals surface area (Å²) in [5, 5.41) is 8.98. The highest BCUT2D eigenvalue weighted by molar-refractivity contribution is 6.30. The van der Waals surface area contributed by atoms with Gasteiger partial charge in [-0.25, -0.2) is 0 Å². The SMILES string of the molecule is CCC(Cl)C(=O)N1CCC(C(C)O)C1. The molecule has 4 heteroatoms. The lowest BCUT2D eigenvalue weighted by Gasteiger charge is -2.19. The summed E-state index contributed by atoms with van der Waals surface area (Å²) in [6.07, 6.45) is 1.22. The van der Waals surface area contributed by atoms with E-state index in [0.29, 0.717) is 13.0 Å². The zero-order valence-electron chi connectivity index (χ0n) is 8.74. The third-order valence-corrected chi connectivity index (χ3v) is 3.34. The molecule has 1 fully saturated rings. The molecule has 0 aliphatic carbocycles. The van der Waals surface area contributed by atoms with Gasteiger partial charge in [0.25, 0.3) is 0 Å². The minimum atomic E-state index is -0.400. The zero-order valence-corrected chi connectivity index (χ0v) is 9.50. The first-order chi connectivity index (χ1) is 6.56. The Morgan fingerprint density at radius 2 is 2.36 bits per heavy atom. The fraction of sp³-hybridized carbons (Fsp3) is 0.900. The molecule has 0 radical (unpaired) electrons. The highest BCUT2D eigenvalue weighted by atomic mass is 35.5. The van der Waals surface area contributed by atoms with Crippen LogP contribution in [-0.2, 0) is 4.79 Å². The van der Waals surface area contributed by atoms with E-state index in [4.69, 9.17) is 11.6 Å². The van der Waals surface area contributed by atoms with Gasteiger partial charge in [-0.1, -0.05) is 6.92 Å². The molecule has 1 saturated heterocycles. The van der Waals surface area contributed by atoms with Gasteiger partial charge in [0, 0.05) is 19.0 Å². The van der Waals surface area contributed by atoms with Gasteiger partial charge >= 0.3 is 0 Å². The molecule has 3 nitrogen and oxygen atoms in total. The van der Waals surface area contributed by atoms with Crippen LogP contribution in [0.3, 0.4) is 0 Å². The zero-order chi connectivity index (χ0) is 10.7. The monoisotopic (exact) mass is 219 g/mol. The molecule has 0 aromatic rings. The average molecular weight is 220 g/mol. The fourth-order valence-corrected chi connectivity index (χ4v) is 1.89. The number of carbonyl (C=O) groups excluding carboxylic acids is 1. The molecule has 1 N–H and O–H groups in total. The quantitative estimate of drug-likeness (QED) is 0.726. The van der Waals surface area contributed by atoms with Gasteiger partial charge in [0.1, 0.15) is 5.38 Å². The van der Waals surface area contributed by atoms with Crippen LogP contribution in [-0.4, -0.2) is 40.5 Å². The van der Waals surface area contributed by atoms with Crippen molar-refractivity contribution in [2.75, 3.05) is 13.1 Å². The van der Waals surface area contributed by atoms with E-state index in [1.54, 1.807) is 11.8 Å². The maximum absolute atomic E-state index is 11.7. The van der Waals surface area contributed by atoms with Crippen molar-refractivity contribution in [2.45, 2.75) is 38.2 Å². The molecule has 3 unspecified atom stereocenters. The van der Waals surface area contributed by atoms with E-state index in [2.05, 4.69) is 0 Å². The Labute approximate surface area is 90.0 Å². The van der Waals surface area contributed by atoms with Crippen LogP contribution >= 0.6 is 11.6 Å². The second-order valence-corrected chi connectivity index (χ2v) is 4.48. The number of rotatable bonds is 3. The summed E-state index contributed by atoms with van der Waals surface area (Å²) >= 11 is 5.87. The number of aliphatic hydroxyl groups is 1. The van der Waals surface area contributed by atoms with E-state index >= 15 is 0 Å². The number of hydrogen-bond donors (Lipinski definition) is 1. The van der Waals surface area contributed by atoms with Crippen molar-refractivity contribution in [3.05, 3.63) is 0 Å². The van der Waals surface area contributed by atoms with Crippen LogP contribution < -0.4 is 0 Å². The number of nitrogens with zero attached hydrogens (tertiary/aromatic N) is 1. The normalized spacial score (nSPS) is 26.3.